The maximum absolute atomic E-state index is 9.32. The number of aryl methyl sites for hydroxylation is 1. The van der Waals surface area contributed by atoms with Crippen LogP contribution in [0.4, 0.5) is 0 Å². The van der Waals surface area contributed by atoms with Gasteiger partial charge in [0.2, 0.25) is 0 Å². The molecule has 0 aliphatic heterocycles. The molecule has 7 heteroatoms. The van der Waals surface area contributed by atoms with Crippen LogP contribution in [0.2, 0.25) is 5.15 Å². The zero-order valence-corrected chi connectivity index (χ0v) is 18.6. The monoisotopic (exact) mass is 429 g/mol. The molecular weight excluding hydrogens is 402 g/mol. The minimum Gasteiger partial charge on any atom is -0.493 e. The lowest BCUT2D eigenvalue weighted by Crippen LogP contribution is -2.31. The summed E-state index contributed by atoms with van der Waals surface area (Å²) in [5, 5.41) is 14.4. The summed E-state index contributed by atoms with van der Waals surface area (Å²) in [6, 6.07) is 15.7. The highest BCUT2D eigenvalue weighted by atomic mass is 35.5. The summed E-state index contributed by atoms with van der Waals surface area (Å²) in [7, 11) is 3.60. The maximum Gasteiger partial charge on any atom is 0.161 e. The van der Waals surface area contributed by atoms with Gasteiger partial charge in [0.05, 0.1) is 25.1 Å². The lowest BCUT2D eigenvalue weighted by molar-refractivity contribution is 0.154. The molecule has 6 nitrogen and oxygen atoms in total. The number of halogens is 1. The number of ether oxygens (including phenoxy) is 2. The third-order valence-electron chi connectivity index (χ3n) is 5.17. The van der Waals surface area contributed by atoms with E-state index in [2.05, 4.69) is 10.00 Å². The Morgan fingerprint density at radius 2 is 1.90 bits per heavy atom. The molecule has 0 aliphatic carbocycles. The molecule has 0 fully saturated rings. The van der Waals surface area contributed by atoms with Gasteiger partial charge in [-0.25, -0.2) is 4.68 Å². The molecule has 0 spiro atoms. The number of benzene rings is 2. The number of nitrogens with zero attached hydrogens (tertiary/aromatic N) is 3. The Hall–Kier alpha value is -2.54. The van der Waals surface area contributed by atoms with Crippen LogP contribution >= 0.6 is 11.6 Å². The molecule has 0 bridgehead atoms. The molecular formula is C23H28ClN3O3. The quantitative estimate of drug-likeness (QED) is 0.551. The van der Waals surface area contributed by atoms with E-state index in [9.17, 15) is 5.11 Å². The Morgan fingerprint density at radius 3 is 2.57 bits per heavy atom. The van der Waals surface area contributed by atoms with Crippen LogP contribution in [-0.4, -0.2) is 46.6 Å². The van der Waals surface area contributed by atoms with E-state index in [1.807, 2.05) is 69.4 Å². The Bertz CT molecular complexity index is 975. The molecule has 3 aromatic rings. The summed E-state index contributed by atoms with van der Waals surface area (Å²) < 4.78 is 13.3. The molecule has 0 unspecified atom stereocenters. The van der Waals surface area contributed by atoms with Crippen LogP contribution in [0.5, 0.6) is 11.5 Å². The summed E-state index contributed by atoms with van der Waals surface area (Å²) in [5.41, 5.74) is 3.63. The van der Waals surface area contributed by atoms with E-state index in [4.69, 9.17) is 21.1 Å². The average molecular weight is 430 g/mol. The van der Waals surface area contributed by atoms with Gasteiger partial charge in [-0.15, -0.1) is 0 Å². The second-order valence-corrected chi connectivity index (χ2v) is 7.68. The van der Waals surface area contributed by atoms with Gasteiger partial charge >= 0.3 is 0 Å². The highest BCUT2D eigenvalue weighted by Crippen LogP contribution is 2.31. The van der Waals surface area contributed by atoms with Crippen LogP contribution in [0.25, 0.3) is 5.69 Å². The van der Waals surface area contributed by atoms with Gasteiger partial charge in [0, 0.05) is 18.2 Å². The van der Waals surface area contributed by atoms with E-state index in [1.54, 1.807) is 11.8 Å². The normalized spacial score (nSPS) is 12.2. The molecule has 1 N–H and O–H groups in total. The summed E-state index contributed by atoms with van der Waals surface area (Å²) in [5.74, 6) is 1.30. The number of aliphatic hydroxyl groups excluding tert-OH is 1. The first-order chi connectivity index (χ1) is 14.4. The Labute approximate surface area is 182 Å². The maximum atomic E-state index is 9.32. The van der Waals surface area contributed by atoms with Crippen LogP contribution in [0.1, 0.15) is 23.7 Å². The van der Waals surface area contributed by atoms with Crippen molar-refractivity contribution in [3.63, 3.8) is 0 Å². The van der Waals surface area contributed by atoms with Crippen LogP contribution in [-0.2, 0) is 13.2 Å². The third kappa shape index (κ3) is 4.95. The second kappa shape index (κ2) is 9.98. The number of rotatable bonds is 9. The molecule has 0 radical (unpaired) electrons. The molecule has 2 aromatic carbocycles. The summed E-state index contributed by atoms with van der Waals surface area (Å²) in [6.07, 6.45) is 0. The Kier molecular flexibility index (Phi) is 7.37. The van der Waals surface area contributed by atoms with E-state index >= 15 is 0 Å². The van der Waals surface area contributed by atoms with Crippen molar-refractivity contribution < 1.29 is 14.6 Å². The van der Waals surface area contributed by atoms with Gasteiger partial charge < -0.3 is 14.6 Å². The fourth-order valence-electron chi connectivity index (χ4n) is 3.10. The highest BCUT2D eigenvalue weighted by Gasteiger charge is 2.17. The molecule has 0 amide bonds. The first-order valence-electron chi connectivity index (χ1n) is 9.84. The van der Waals surface area contributed by atoms with Gasteiger partial charge in [-0.05, 0) is 50.7 Å². The van der Waals surface area contributed by atoms with Crippen molar-refractivity contribution in [2.24, 2.45) is 0 Å². The zero-order valence-electron chi connectivity index (χ0n) is 17.8. The van der Waals surface area contributed by atoms with Gasteiger partial charge in [-0.1, -0.05) is 35.9 Å². The Balaban J connectivity index is 1.75. The van der Waals surface area contributed by atoms with E-state index < -0.39 is 0 Å². The van der Waals surface area contributed by atoms with Crippen LogP contribution in [0.3, 0.4) is 0 Å². The average Bonchev–Trinajstić information content (AvgIpc) is 3.06. The number of aromatic nitrogens is 2. The van der Waals surface area contributed by atoms with Gasteiger partial charge in [0.25, 0.3) is 0 Å². The summed E-state index contributed by atoms with van der Waals surface area (Å²) in [6.45, 7) is 5.01. The van der Waals surface area contributed by atoms with Crippen LogP contribution < -0.4 is 9.47 Å². The zero-order chi connectivity index (χ0) is 21.7. The van der Waals surface area contributed by atoms with E-state index in [0.717, 1.165) is 22.5 Å². The third-order valence-corrected chi connectivity index (χ3v) is 5.56. The molecule has 30 heavy (non-hydrogen) atoms. The predicted octanol–water partition coefficient (Wildman–Crippen LogP) is 4.23. The second-order valence-electron chi connectivity index (χ2n) is 7.32. The number of aliphatic hydroxyl groups is 1. The largest absolute Gasteiger partial charge is 0.493 e. The molecule has 3 rings (SSSR count). The van der Waals surface area contributed by atoms with Crippen molar-refractivity contribution in [3.8, 4) is 17.2 Å². The first-order valence-corrected chi connectivity index (χ1v) is 10.2. The van der Waals surface area contributed by atoms with Crippen molar-refractivity contribution in [2.75, 3.05) is 20.8 Å². The Morgan fingerprint density at radius 1 is 1.17 bits per heavy atom. The fraction of sp³-hybridized carbons (Fsp3) is 0.348. The lowest BCUT2D eigenvalue weighted by atomic mass is 10.1. The van der Waals surface area contributed by atoms with Gasteiger partial charge in [-0.3, -0.25) is 4.90 Å². The lowest BCUT2D eigenvalue weighted by Gasteiger charge is -2.23. The molecule has 0 aliphatic rings. The van der Waals surface area contributed by atoms with Gasteiger partial charge in [-0.2, -0.15) is 5.10 Å². The van der Waals surface area contributed by atoms with E-state index in [1.165, 1.54) is 0 Å². The number of methoxy groups -OCH3 is 1. The van der Waals surface area contributed by atoms with Gasteiger partial charge in [0.15, 0.2) is 11.5 Å². The summed E-state index contributed by atoms with van der Waals surface area (Å²) in [4.78, 5) is 2.08. The van der Waals surface area contributed by atoms with E-state index in [-0.39, 0.29) is 19.3 Å². The van der Waals surface area contributed by atoms with Crippen molar-refractivity contribution in [3.05, 3.63) is 70.5 Å². The van der Waals surface area contributed by atoms with Crippen molar-refractivity contribution in [1.29, 1.82) is 0 Å². The SMILES string of the molecule is COc1cc(CN(C)[C@@H](C)CO)ccc1OCc1c(C)nn(-c2ccccc2)c1Cl. The van der Waals surface area contributed by atoms with Gasteiger partial charge in [0.1, 0.15) is 11.8 Å². The minimum atomic E-state index is 0.0817. The van der Waals surface area contributed by atoms with Crippen LogP contribution in [0, 0.1) is 6.92 Å². The molecule has 160 valence electrons. The first kappa shape index (κ1) is 22.2. The van der Waals surface area contributed by atoms with Crippen molar-refractivity contribution in [1.82, 2.24) is 14.7 Å². The fourth-order valence-corrected chi connectivity index (χ4v) is 3.43. The standard InChI is InChI=1S/C23H28ClN3O3/c1-16(14-28)26(3)13-18-10-11-21(22(12-18)29-4)30-15-20-17(2)25-27(23(20)24)19-8-6-5-7-9-19/h5-12,16,28H,13-15H2,1-4H3/t16-/m0/s1. The summed E-state index contributed by atoms with van der Waals surface area (Å²) >= 11 is 6.59. The van der Waals surface area contributed by atoms with Crippen molar-refractivity contribution in [2.45, 2.75) is 33.0 Å². The molecule has 1 aromatic heterocycles. The topological polar surface area (TPSA) is 59.8 Å². The minimum absolute atomic E-state index is 0.0817. The predicted molar refractivity (Wildman–Crippen MR) is 119 cm³/mol. The molecule has 0 saturated heterocycles. The van der Waals surface area contributed by atoms with E-state index in [0.29, 0.717) is 23.2 Å². The molecule has 0 saturated carbocycles. The highest BCUT2D eigenvalue weighted by molar-refractivity contribution is 6.30. The van der Waals surface area contributed by atoms with Crippen molar-refractivity contribution >= 4 is 11.6 Å². The molecule has 1 atom stereocenters. The van der Waals surface area contributed by atoms with Crippen LogP contribution in [0.15, 0.2) is 48.5 Å². The number of hydrogen-bond acceptors (Lipinski definition) is 5. The number of para-hydroxylation sites is 1. The number of likely N-dealkylation sites (N-methyl/N-ethyl adjacent to an activating group) is 1. The molecule has 1 heterocycles. The number of hydrogen-bond donors (Lipinski definition) is 1. The smallest absolute Gasteiger partial charge is 0.161 e.